The molecule has 120 valence electrons. The Morgan fingerprint density at radius 2 is 1.42 bits per heavy atom. The number of rotatable bonds is 4. The van der Waals surface area contributed by atoms with Crippen LogP contribution in [0, 0.1) is 0 Å². The van der Waals surface area contributed by atoms with E-state index in [0.717, 1.165) is 11.1 Å². The van der Waals surface area contributed by atoms with E-state index in [1.54, 1.807) is 0 Å². The second-order valence-electron chi connectivity index (χ2n) is 4.79. The smallest absolute Gasteiger partial charge is 0.262 e. The van der Waals surface area contributed by atoms with Gasteiger partial charge in [-0.05, 0) is 12.2 Å². The number of hydrogen-bond donors (Lipinski definition) is 4. The first-order valence-electron chi connectivity index (χ1n) is 7.16. The zero-order valence-corrected chi connectivity index (χ0v) is 13.4. The summed E-state index contributed by atoms with van der Waals surface area (Å²) in [5.41, 5.74) is 11.0. The lowest BCUT2D eigenvalue weighted by Gasteiger charge is -2.11. The van der Waals surface area contributed by atoms with Gasteiger partial charge in [0.05, 0.1) is 0 Å². The lowest BCUT2D eigenvalue weighted by molar-refractivity contribution is 0.913. The first-order valence-corrected chi connectivity index (χ1v) is 7.57. The average molecular weight is 337 g/mol. The van der Waals surface area contributed by atoms with Crippen molar-refractivity contribution in [3.63, 3.8) is 0 Å². The van der Waals surface area contributed by atoms with Crippen molar-refractivity contribution in [3.05, 3.63) is 60.7 Å². The fraction of sp³-hybridized carbons (Fsp3) is 0. The highest BCUT2D eigenvalue weighted by Crippen LogP contribution is 2.28. The van der Waals surface area contributed by atoms with E-state index in [0.29, 0.717) is 11.4 Å². The fourth-order valence-electron chi connectivity index (χ4n) is 2.12. The van der Waals surface area contributed by atoms with E-state index in [4.69, 9.17) is 18.1 Å². The fourth-order valence-corrected chi connectivity index (χ4v) is 2.17. The molecule has 24 heavy (non-hydrogen) atoms. The van der Waals surface area contributed by atoms with Crippen molar-refractivity contribution in [2.75, 3.05) is 5.43 Å². The van der Waals surface area contributed by atoms with Crippen LogP contribution in [0.2, 0.25) is 0 Å². The molecule has 0 saturated carbocycles. The summed E-state index contributed by atoms with van der Waals surface area (Å²) in [6, 6.07) is 19.6. The third-order valence-corrected chi connectivity index (χ3v) is 3.42. The highest BCUT2D eigenvalue weighted by Gasteiger charge is 2.13. The standard InChI is InChI=1S/C16H15N7S/c17-19-16(24)23-22-15-18-13(11-7-3-1-4-8-11)14(20-21-15)12-9-5-2-6-10-12/h1-10H,17H2,(H,18,21,22)(H2,19,23,24). The maximum atomic E-state index is 5.21. The third-order valence-electron chi connectivity index (χ3n) is 3.20. The summed E-state index contributed by atoms with van der Waals surface area (Å²) in [6.45, 7) is 0. The van der Waals surface area contributed by atoms with Crippen molar-refractivity contribution in [1.82, 2.24) is 26.0 Å². The molecule has 7 nitrogen and oxygen atoms in total. The predicted molar refractivity (Wildman–Crippen MR) is 97.4 cm³/mol. The Bertz CT molecular complexity index is 824. The number of anilines is 1. The molecule has 0 atom stereocenters. The van der Waals surface area contributed by atoms with Gasteiger partial charge in [-0.25, -0.2) is 10.8 Å². The van der Waals surface area contributed by atoms with Crippen LogP contribution in [0.25, 0.3) is 22.5 Å². The molecular formula is C16H15N7S. The number of nitrogens with one attached hydrogen (secondary N) is 3. The van der Waals surface area contributed by atoms with E-state index >= 15 is 0 Å². The molecule has 2 aromatic carbocycles. The predicted octanol–water partition coefficient (Wildman–Crippen LogP) is 1.87. The third kappa shape index (κ3) is 3.62. The molecular weight excluding hydrogens is 322 g/mol. The van der Waals surface area contributed by atoms with Crippen molar-refractivity contribution < 1.29 is 0 Å². The molecule has 1 heterocycles. The zero-order chi connectivity index (χ0) is 16.8. The number of nitrogens with two attached hydrogens (primary N) is 1. The summed E-state index contributed by atoms with van der Waals surface area (Å²) in [4.78, 5) is 4.55. The number of nitrogens with zero attached hydrogens (tertiary/aromatic N) is 3. The molecule has 3 rings (SSSR count). The molecule has 0 aliphatic rings. The number of aromatic nitrogens is 3. The topological polar surface area (TPSA) is 101 Å². The van der Waals surface area contributed by atoms with E-state index in [-0.39, 0.29) is 11.1 Å². The minimum absolute atomic E-state index is 0.215. The molecule has 0 spiro atoms. The lowest BCUT2D eigenvalue weighted by Crippen LogP contribution is -2.42. The van der Waals surface area contributed by atoms with Crippen LogP contribution >= 0.6 is 12.2 Å². The molecule has 0 unspecified atom stereocenters. The van der Waals surface area contributed by atoms with Gasteiger partial charge in [0.15, 0.2) is 5.11 Å². The maximum absolute atomic E-state index is 5.21. The Morgan fingerprint density at radius 1 is 0.833 bits per heavy atom. The first kappa shape index (κ1) is 15.8. The van der Waals surface area contributed by atoms with E-state index in [2.05, 4.69) is 31.5 Å². The highest BCUT2D eigenvalue weighted by molar-refractivity contribution is 7.80. The van der Waals surface area contributed by atoms with Crippen LogP contribution in [0.4, 0.5) is 5.95 Å². The van der Waals surface area contributed by atoms with Crippen LogP contribution < -0.4 is 22.1 Å². The molecule has 0 aliphatic heterocycles. The van der Waals surface area contributed by atoms with Crippen molar-refractivity contribution in [2.24, 2.45) is 5.84 Å². The zero-order valence-electron chi connectivity index (χ0n) is 12.6. The highest BCUT2D eigenvalue weighted by atomic mass is 32.1. The molecule has 0 bridgehead atoms. The summed E-state index contributed by atoms with van der Waals surface area (Å²) in [6.07, 6.45) is 0. The van der Waals surface area contributed by atoms with Gasteiger partial charge in [0.1, 0.15) is 11.4 Å². The summed E-state index contributed by atoms with van der Waals surface area (Å²) in [7, 11) is 0. The van der Waals surface area contributed by atoms with Gasteiger partial charge in [0.25, 0.3) is 5.95 Å². The summed E-state index contributed by atoms with van der Waals surface area (Å²) in [5, 5.41) is 8.62. The van der Waals surface area contributed by atoms with Gasteiger partial charge < -0.3 is 0 Å². The SMILES string of the molecule is NNC(=S)NNc1nnc(-c2ccccc2)c(-c2ccccc2)n1. The minimum Gasteiger partial charge on any atom is -0.300 e. The van der Waals surface area contributed by atoms with Crippen molar-refractivity contribution >= 4 is 23.3 Å². The number of hydrazine groups is 2. The molecule has 5 N–H and O–H groups in total. The van der Waals surface area contributed by atoms with Crippen LogP contribution in [-0.2, 0) is 0 Å². The molecule has 0 fully saturated rings. The summed E-state index contributed by atoms with van der Waals surface area (Å²) >= 11 is 4.90. The molecule has 0 radical (unpaired) electrons. The van der Waals surface area contributed by atoms with Crippen LogP contribution in [0.5, 0.6) is 0 Å². The van der Waals surface area contributed by atoms with Gasteiger partial charge in [0, 0.05) is 11.1 Å². The number of thiocarbonyl (C=S) groups is 1. The molecule has 3 aromatic rings. The largest absolute Gasteiger partial charge is 0.300 e. The summed E-state index contributed by atoms with van der Waals surface area (Å²) < 4.78 is 0. The molecule has 0 saturated heterocycles. The van der Waals surface area contributed by atoms with Gasteiger partial charge in [0.2, 0.25) is 0 Å². The van der Waals surface area contributed by atoms with Gasteiger partial charge in [-0.2, -0.15) is 0 Å². The first-order chi connectivity index (χ1) is 11.8. The monoisotopic (exact) mass is 337 g/mol. The van der Waals surface area contributed by atoms with Crippen molar-refractivity contribution in [2.45, 2.75) is 0 Å². The van der Waals surface area contributed by atoms with Crippen LogP contribution in [-0.4, -0.2) is 20.3 Å². The second kappa shape index (κ2) is 7.44. The summed E-state index contributed by atoms with van der Waals surface area (Å²) in [5.74, 6) is 5.49. The molecule has 0 amide bonds. The Hall–Kier alpha value is -3.10. The van der Waals surface area contributed by atoms with Crippen molar-refractivity contribution in [3.8, 4) is 22.5 Å². The Kier molecular flexibility index (Phi) is 4.90. The van der Waals surface area contributed by atoms with Crippen LogP contribution in [0.3, 0.4) is 0 Å². The second-order valence-corrected chi connectivity index (χ2v) is 5.20. The van der Waals surface area contributed by atoms with Gasteiger partial charge in [-0.1, -0.05) is 60.7 Å². The molecule has 0 aliphatic carbocycles. The van der Waals surface area contributed by atoms with Gasteiger partial charge in [-0.3, -0.25) is 16.3 Å². The Labute approximate surface area is 144 Å². The molecule has 1 aromatic heterocycles. The quantitative estimate of drug-likeness (QED) is 0.325. The van der Waals surface area contributed by atoms with Crippen LogP contribution in [0.15, 0.2) is 60.7 Å². The van der Waals surface area contributed by atoms with Crippen LogP contribution in [0.1, 0.15) is 0 Å². The Balaban J connectivity index is 2.02. The van der Waals surface area contributed by atoms with E-state index in [1.165, 1.54) is 0 Å². The maximum Gasteiger partial charge on any atom is 0.262 e. The van der Waals surface area contributed by atoms with Gasteiger partial charge in [-0.15, -0.1) is 10.2 Å². The minimum atomic E-state index is 0.215. The van der Waals surface area contributed by atoms with Gasteiger partial charge >= 0.3 is 0 Å². The van der Waals surface area contributed by atoms with E-state index in [1.807, 2.05) is 60.7 Å². The lowest BCUT2D eigenvalue weighted by atomic mass is 10.0. The number of hydrogen-bond acceptors (Lipinski definition) is 6. The molecule has 8 heteroatoms. The van der Waals surface area contributed by atoms with E-state index < -0.39 is 0 Å². The van der Waals surface area contributed by atoms with Crippen molar-refractivity contribution in [1.29, 1.82) is 0 Å². The normalized spacial score (nSPS) is 10.0. The average Bonchev–Trinajstić information content (AvgIpc) is 2.67. The number of benzene rings is 2. The van der Waals surface area contributed by atoms with E-state index in [9.17, 15) is 0 Å². The Morgan fingerprint density at radius 3 is 2.00 bits per heavy atom.